The number of nitrogens with zero attached hydrogens (tertiary/aromatic N) is 1. The van der Waals surface area contributed by atoms with Gasteiger partial charge in [0, 0.05) is 4.47 Å². The molecule has 0 saturated heterocycles. The zero-order chi connectivity index (χ0) is 17.6. The minimum absolute atomic E-state index is 0.0499. The Morgan fingerprint density at radius 3 is 2.04 bits per heavy atom. The normalized spacial score (nSPS) is 13.2. The first-order valence-corrected chi connectivity index (χ1v) is 7.68. The number of carbonyl (C=O) groups is 4. The molecule has 24 heavy (non-hydrogen) atoms. The molecule has 0 aromatic heterocycles. The molecule has 0 aliphatic carbocycles. The highest BCUT2D eigenvalue weighted by Gasteiger charge is 2.39. The topological polar surface area (TPSA) is 91.8 Å². The number of carbonyl (C=O) groups excluding carboxylic acids is 3. The largest absolute Gasteiger partial charge is 0.475 e. The minimum Gasteiger partial charge on any atom is -0.475 e. The number of anilines is 1. The maximum atomic E-state index is 12.6. The molecular formula is C17H10BrNO5. The Kier molecular flexibility index (Phi) is 3.81. The maximum absolute atomic E-state index is 12.6. The van der Waals surface area contributed by atoms with E-state index in [0.29, 0.717) is 5.56 Å². The monoisotopic (exact) mass is 387 g/mol. The highest BCUT2D eigenvalue weighted by Crippen LogP contribution is 2.35. The lowest BCUT2D eigenvalue weighted by molar-refractivity contribution is -0.131. The number of hydrogen-bond acceptors (Lipinski definition) is 4. The summed E-state index contributed by atoms with van der Waals surface area (Å²) in [7, 11) is 0. The van der Waals surface area contributed by atoms with Gasteiger partial charge in [0.1, 0.15) is 0 Å². The van der Waals surface area contributed by atoms with Crippen molar-refractivity contribution in [1.82, 2.24) is 0 Å². The first-order valence-electron chi connectivity index (χ1n) is 6.89. The van der Waals surface area contributed by atoms with Gasteiger partial charge in [-0.15, -0.1) is 0 Å². The van der Waals surface area contributed by atoms with E-state index in [0.717, 1.165) is 4.90 Å². The van der Waals surface area contributed by atoms with Crippen LogP contribution in [0.2, 0.25) is 0 Å². The van der Waals surface area contributed by atoms with Gasteiger partial charge in [0.15, 0.2) is 0 Å². The molecule has 1 aliphatic rings. The van der Waals surface area contributed by atoms with Gasteiger partial charge in [-0.2, -0.15) is 0 Å². The van der Waals surface area contributed by atoms with Crippen LogP contribution in [-0.2, 0) is 4.79 Å². The second kappa shape index (κ2) is 5.68. The van der Waals surface area contributed by atoms with E-state index in [1.807, 2.05) is 0 Å². The summed E-state index contributed by atoms with van der Waals surface area (Å²) in [6.45, 7) is 1.68. The molecule has 0 spiro atoms. The number of aryl methyl sites for hydroxylation is 1. The van der Waals surface area contributed by atoms with Crippen molar-refractivity contribution in [3.05, 3.63) is 63.1 Å². The molecule has 0 bridgehead atoms. The van der Waals surface area contributed by atoms with E-state index in [9.17, 15) is 19.2 Å². The summed E-state index contributed by atoms with van der Waals surface area (Å²) >= 11 is 3.19. The molecule has 0 fully saturated rings. The molecule has 3 rings (SSSR count). The molecule has 1 heterocycles. The molecule has 2 amide bonds. The second-order valence-corrected chi connectivity index (χ2v) is 6.01. The number of rotatable bonds is 3. The number of imide groups is 1. The second-order valence-electron chi connectivity index (χ2n) is 5.22. The van der Waals surface area contributed by atoms with Crippen molar-refractivity contribution in [2.75, 3.05) is 4.90 Å². The predicted molar refractivity (Wildman–Crippen MR) is 88.4 cm³/mol. The molecular weight excluding hydrogens is 378 g/mol. The summed E-state index contributed by atoms with van der Waals surface area (Å²) in [5.41, 5.74) is 0.767. The molecule has 0 saturated carbocycles. The van der Waals surface area contributed by atoms with Crippen LogP contribution in [0.15, 0.2) is 40.9 Å². The van der Waals surface area contributed by atoms with Crippen LogP contribution in [0.4, 0.5) is 5.69 Å². The average molecular weight is 388 g/mol. The lowest BCUT2D eigenvalue weighted by atomic mass is 10.0. The number of ketones is 1. The Hall–Kier alpha value is -2.80. The number of fused-ring (bicyclic) bond motifs is 1. The van der Waals surface area contributed by atoms with Crippen LogP contribution in [0.5, 0.6) is 0 Å². The van der Waals surface area contributed by atoms with Crippen LogP contribution < -0.4 is 4.90 Å². The van der Waals surface area contributed by atoms with Crippen molar-refractivity contribution in [3.8, 4) is 0 Å². The number of Topliss-reactive ketones (excluding diaryl/α,β-unsaturated/α-hetero) is 1. The van der Waals surface area contributed by atoms with Crippen LogP contribution in [0.3, 0.4) is 0 Å². The summed E-state index contributed by atoms with van der Waals surface area (Å²) in [6.07, 6.45) is 0. The van der Waals surface area contributed by atoms with Gasteiger partial charge in [-0.1, -0.05) is 18.2 Å². The van der Waals surface area contributed by atoms with Crippen LogP contribution in [-0.4, -0.2) is 28.7 Å². The Balaban J connectivity index is 2.24. The summed E-state index contributed by atoms with van der Waals surface area (Å²) in [4.78, 5) is 49.3. The number of halogens is 1. The smallest absolute Gasteiger partial charge is 0.377 e. The fourth-order valence-electron chi connectivity index (χ4n) is 2.59. The van der Waals surface area contributed by atoms with E-state index >= 15 is 0 Å². The lowest BCUT2D eigenvalue weighted by Crippen LogP contribution is -2.32. The van der Waals surface area contributed by atoms with Crippen LogP contribution in [0, 0.1) is 6.92 Å². The van der Waals surface area contributed by atoms with Crippen LogP contribution in [0.25, 0.3) is 0 Å². The first kappa shape index (κ1) is 16.1. The summed E-state index contributed by atoms with van der Waals surface area (Å²) < 4.78 is 0.240. The van der Waals surface area contributed by atoms with Gasteiger partial charge in [-0.05, 0) is 46.6 Å². The zero-order valence-corrected chi connectivity index (χ0v) is 14.0. The SMILES string of the molecule is Cc1ccc(N2C(=O)c3ccccc3C2=O)c(C(=O)C(=O)O)c1Br. The van der Waals surface area contributed by atoms with E-state index in [4.69, 9.17) is 5.11 Å². The Labute approximate surface area is 144 Å². The Bertz CT molecular complexity index is 900. The summed E-state index contributed by atoms with van der Waals surface area (Å²) in [5.74, 6) is -4.05. The molecule has 0 atom stereocenters. The minimum atomic E-state index is -1.67. The third-order valence-electron chi connectivity index (χ3n) is 3.77. The summed E-state index contributed by atoms with van der Waals surface area (Å²) in [6, 6.07) is 9.28. The fraction of sp³-hybridized carbons (Fsp3) is 0.0588. The Morgan fingerprint density at radius 2 is 1.54 bits per heavy atom. The van der Waals surface area contributed by atoms with Gasteiger partial charge < -0.3 is 5.11 Å². The standard InChI is InChI=1S/C17H10BrNO5/c1-8-6-7-11(12(13(8)18)14(20)17(23)24)19-15(21)9-4-2-3-5-10(9)16(19)22/h2-7H,1H3,(H,23,24). The molecule has 6 nitrogen and oxygen atoms in total. The van der Waals surface area contributed by atoms with E-state index < -0.39 is 23.6 Å². The van der Waals surface area contributed by atoms with E-state index in [2.05, 4.69) is 15.9 Å². The van der Waals surface area contributed by atoms with Crippen molar-refractivity contribution in [2.24, 2.45) is 0 Å². The molecule has 2 aromatic carbocycles. The number of amides is 2. The van der Waals surface area contributed by atoms with Gasteiger partial charge in [0.2, 0.25) is 0 Å². The number of hydrogen-bond donors (Lipinski definition) is 1. The number of carboxylic acid groups (broad SMARTS) is 1. The highest BCUT2D eigenvalue weighted by atomic mass is 79.9. The highest BCUT2D eigenvalue weighted by molar-refractivity contribution is 9.10. The molecule has 2 aromatic rings. The van der Waals surface area contributed by atoms with Crippen LogP contribution in [0.1, 0.15) is 36.6 Å². The molecule has 0 radical (unpaired) electrons. The van der Waals surface area contributed by atoms with Crippen LogP contribution >= 0.6 is 15.9 Å². The molecule has 1 aliphatic heterocycles. The Morgan fingerprint density at radius 1 is 1.00 bits per heavy atom. The van der Waals surface area contributed by atoms with E-state index in [-0.39, 0.29) is 26.9 Å². The molecule has 1 N–H and O–H groups in total. The predicted octanol–water partition coefficient (Wildman–Crippen LogP) is 2.83. The van der Waals surface area contributed by atoms with Gasteiger partial charge in [0.25, 0.3) is 17.6 Å². The van der Waals surface area contributed by atoms with E-state index in [1.54, 1.807) is 25.1 Å². The number of benzene rings is 2. The lowest BCUT2D eigenvalue weighted by Gasteiger charge is -2.19. The third-order valence-corrected chi connectivity index (χ3v) is 4.79. The quantitative estimate of drug-likeness (QED) is 0.496. The molecule has 7 heteroatoms. The fourth-order valence-corrected chi connectivity index (χ4v) is 3.10. The van der Waals surface area contributed by atoms with Crippen molar-refractivity contribution < 1.29 is 24.3 Å². The van der Waals surface area contributed by atoms with E-state index in [1.165, 1.54) is 18.2 Å². The zero-order valence-electron chi connectivity index (χ0n) is 12.4. The summed E-state index contributed by atoms with van der Waals surface area (Å²) in [5, 5.41) is 9.06. The maximum Gasteiger partial charge on any atom is 0.377 e. The average Bonchev–Trinajstić information content (AvgIpc) is 2.81. The van der Waals surface area contributed by atoms with Gasteiger partial charge in [-0.3, -0.25) is 14.4 Å². The van der Waals surface area contributed by atoms with Crippen molar-refractivity contribution in [2.45, 2.75) is 6.92 Å². The van der Waals surface area contributed by atoms with Gasteiger partial charge in [-0.25, -0.2) is 9.69 Å². The van der Waals surface area contributed by atoms with Crippen molar-refractivity contribution in [1.29, 1.82) is 0 Å². The molecule has 120 valence electrons. The van der Waals surface area contributed by atoms with Gasteiger partial charge in [0.05, 0.1) is 22.4 Å². The number of carboxylic acids is 1. The van der Waals surface area contributed by atoms with Gasteiger partial charge >= 0.3 is 5.97 Å². The third kappa shape index (κ3) is 2.25. The molecule has 0 unspecified atom stereocenters. The van der Waals surface area contributed by atoms with Crippen molar-refractivity contribution in [3.63, 3.8) is 0 Å². The number of aliphatic carboxylic acids is 1. The first-order chi connectivity index (χ1) is 11.3. The van der Waals surface area contributed by atoms with Crippen molar-refractivity contribution >= 4 is 45.2 Å².